The van der Waals surface area contributed by atoms with Crippen LogP contribution in [0.5, 0.6) is 0 Å². The molecule has 3 fully saturated rings. The van der Waals surface area contributed by atoms with Crippen LogP contribution in [0, 0.1) is 38.5 Å². The van der Waals surface area contributed by atoms with Gasteiger partial charge in [0.05, 0.1) is 101 Å². The van der Waals surface area contributed by atoms with E-state index >= 15 is 0 Å². The zero-order chi connectivity index (χ0) is 77.9. The number of fused-ring (bicyclic) bond motifs is 3. The molecule has 0 saturated carbocycles. The van der Waals surface area contributed by atoms with Gasteiger partial charge in [-0.1, -0.05) is 32.9 Å². The highest BCUT2D eigenvalue weighted by Gasteiger charge is 2.24. The van der Waals surface area contributed by atoms with Crippen LogP contribution in [-0.4, -0.2) is 172 Å². The predicted molar refractivity (Wildman–Crippen MR) is 441 cm³/mol. The predicted octanol–water partition coefficient (Wildman–Crippen LogP) is 11.9. The fourth-order valence-corrected chi connectivity index (χ4v) is 16.5. The Kier molecular flexibility index (Phi) is 25.5. The first-order chi connectivity index (χ1) is 54.9. The molecule has 3 aliphatic heterocycles. The van der Waals surface area contributed by atoms with E-state index in [1.54, 1.807) is 71.3 Å². The molecule has 114 heavy (non-hydrogen) atoms. The molecule has 17 heterocycles. The van der Waals surface area contributed by atoms with Gasteiger partial charge >= 0.3 is 5.97 Å². The van der Waals surface area contributed by atoms with Crippen molar-refractivity contribution >= 4 is 114 Å². The first-order valence-electron chi connectivity index (χ1n) is 38.0. The van der Waals surface area contributed by atoms with Gasteiger partial charge in [-0.15, -0.1) is 12.4 Å². The molecule has 32 nitrogen and oxygen atoms in total. The van der Waals surface area contributed by atoms with Crippen molar-refractivity contribution in [2.75, 3.05) is 55.2 Å². The third-order valence-corrected chi connectivity index (χ3v) is 21.9. The number of anilines is 6. The van der Waals surface area contributed by atoms with E-state index in [9.17, 15) is 14.4 Å². The number of pyridine rings is 2. The lowest BCUT2D eigenvalue weighted by Gasteiger charge is -2.30. The van der Waals surface area contributed by atoms with Crippen molar-refractivity contribution in [3.05, 3.63) is 187 Å². The quantitative estimate of drug-likeness (QED) is 0.0309. The van der Waals surface area contributed by atoms with Gasteiger partial charge in [0.15, 0.2) is 34.4 Å². The first-order valence-corrected chi connectivity index (χ1v) is 40.3. The lowest BCUT2D eigenvalue weighted by atomic mass is 10.0. The zero-order valence-electron chi connectivity index (χ0n) is 64.2. The van der Waals surface area contributed by atoms with Gasteiger partial charge in [-0.2, -0.15) is 28.4 Å². The van der Waals surface area contributed by atoms with Gasteiger partial charge < -0.3 is 31.7 Å². The van der Waals surface area contributed by atoms with Crippen LogP contribution in [0.4, 0.5) is 32.5 Å². The van der Waals surface area contributed by atoms with E-state index in [2.05, 4.69) is 139 Å². The van der Waals surface area contributed by atoms with Crippen molar-refractivity contribution in [1.29, 1.82) is 0 Å². The smallest absolute Gasteiger partial charge is 0.325 e. The number of rotatable bonds is 25. The van der Waals surface area contributed by atoms with Crippen molar-refractivity contribution in [3.8, 4) is 33.8 Å². The van der Waals surface area contributed by atoms with Crippen LogP contribution in [-0.2, 0) is 66.7 Å². The van der Waals surface area contributed by atoms with Crippen LogP contribution in [0.15, 0.2) is 141 Å². The number of imidazole rings is 3. The molecule has 0 aromatic carbocycles. The minimum Gasteiger partial charge on any atom is -0.480 e. The maximum atomic E-state index is 12.5. The van der Waals surface area contributed by atoms with Crippen molar-refractivity contribution in [2.45, 2.75) is 132 Å². The topological polar surface area (TPSA) is 350 Å². The molecule has 3 atom stereocenters. The molecule has 17 rings (SSSR count). The first kappa shape index (κ1) is 79.3. The number of hydrogen-bond donors (Lipinski definition) is 6. The number of amides is 2. The van der Waals surface area contributed by atoms with E-state index in [4.69, 9.17) is 15.1 Å². The number of likely N-dealkylation sites (tertiary alicyclic amines) is 3. The van der Waals surface area contributed by atoms with Gasteiger partial charge in [0.1, 0.15) is 34.6 Å². The second-order valence-electron chi connectivity index (χ2n) is 29.5. The van der Waals surface area contributed by atoms with Crippen LogP contribution in [0.1, 0.15) is 105 Å². The number of nitrogens with zero attached hydrogens (tertiary/aromatic N) is 23. The van der Waals surface area contributed by atoms with E-state index in [0.717, 1.165) is 171 Å². The van der Waals surface area contributed by atoms with E-state index < -0.39 is 5.97 Å². The standard InChI is InChI=1S/2C28H32N10OS.C22H26N8O2S.ClH/c1-19-5-4-8-36(14-19)17-23-9-26(40-35-23)34-27-28-31-13-24(38(28)15-20(2)33-27)22-12-32-37(16-22)18-25(39)30-11-21-6-3-7-29-10-21;1-19-6-5-9-36(14-19)17-23-10-26(40-35-23)34-27-28-31-13-24(38(28)15-20(2)33-27)21-11-32-37(16-21)18-25(39)30-12-22-7-3-4-8-29-22;1-14-4-3-5-28(9-14)12-17-6-19(33-27-17)26-21-22-23-8-18(30(22)10-15(2)25-21)16-7-24-29(11-16)13-20(31)32;/h3,6-7,9-10,12-13,15-16,19H,4-5,8,11,14,17-18H2,1-2H3,(H,30,39)(H,33,34);3-4,7-8,10-11,13,15-16,19H,5-6,9,12,14,17-18H2,1-2H3,(H,30,39)(H,33,34);6-8,10-11,14H,3-5,9,12-13H2,1-2H3,(H,25,26)(H,31,32);1H. The largest absolute Gasteiger partial charge is 0.480 e. The monoisotopic (exact) mass is 1610 g/mol. The number of carboxylic acid groups (broad SMARTS) is 1. The number of piperidine rings is 3. The minimum absolute atomic E-state index is 0. The number of carbonyl (C=O) groups is 3. The molecule has 6 N–H and O–H groups in total. The highest BCUT2D eigenvalue weighted by Crippen LogP contribution is 2.33. The van der Waals surface area contributed by atoms with Gasteiger partial charge in [0.25, 0.3) is 0 Å². The SMILES string of the molecule is Cc1cn2c(-c3cnn(CC(=O)NCc4ccccn4)c3)cnc2c(Nc2cc(CN3CCCC(C)C3)ns2)n1.Cc1cn2c(-c3cnn(CC(=O)NCc4cccnc4)c3)cnc2c(Nc2cc(CN3CCCC(C)C3)ns2)n1.Cc1cn2c(-c3cnn(CC(=O)O)c3)cnc2c(Nc2cc(CN3CCCC(C)C3)ns2)n1.Cl. The Hall–Kier alpha value is -11.3. The number of carbonyl (C=O) groups excluding carboxylic acids is 2. The lowest BCUT2D eigenvalue weighted by Crippen LogP contribution is -2.33. The minimum atomic E-state index is -0.937. The third-order valence-electron chi connectivity index (χ3n) is 19.7. The summed E-state index contributed by atoms with van der Waals surface area (Å²) < 4.78 is 24.6. The number of aliphatic carboxylic acids is 1. The summed E-state index contributed by atoms with van der Waals surface area (Å²) in [6, 6.07) is 15.7. The summed E-state index contributed by atoms with van der Waals surface area (Å²) in [6.45, 7) is 23.0. The molecule has 0 bridgehead atoms. The van der Waals surface area contributed by atoms with Gasteiger partial charge in [0, 0.05) is 118 Å². The van der Waals surface area contributed by atoms with Crippen molar-refractivity contribution in [2.24, 2.45) is 17.8 Å². The Balaban J connectivity index is 0.000000142. The molecule has 592 valence electrons. The average Bonchev–Trinajstić information content (AvgIpc) is 1.63. The van der Waals surface area contributed by atoms with Gasteiger partial charge in [0.2, 0.25) is 11.8 Å². The van der Waals surface area contributed by atoms with E-state index in [1.165, 1.54) is 77.8 Å². The average molecular weight is 1620 g/mol. The molecule has 0 aliphatic carbocycles. The summed E-state index contributed by atoms with van der Waals surface area (Å²) in [5.74, 6) is 3.03. The number of hydrogen-bond acceptors (Lipinski definition) is 26. The van der Waals surface area contributed by atoms with Gasteiger partial charge in [-0.05, 0) is 173 Å². The summed E-state index contributed by atoms with van der Waals surface area (Å²) in [6.07, 6.45) is 34.6. The molecule has 2 amide bonds. The van der Waals surface area contributed by atoms with Crippen molar-refractivity contribution in [3.63, 3.8) is 0 Å². The molecule has 3 unspecified atom stereocenters. The van der Waals surface area contributed by atoms with Crippen LogP contribution in [0.3, 0.4) is 0 Å². The van der Waals surface area contributed by atoms with E-state index in [-0.39, 0.29) is 43.9 Å². The summed E-state index contributed by atoms with van der Waals surface area (Å²) in [4.78, 5) is 79.6. The molecule has 3 saturated heterocycles. The fraction of sp³-hybridized carbons (Fsp3) is 0.372. The molecular formula is C78H91ClN28O4S3. The Bertz CT molecular complexity index is 5350. The zero-order valence-corrected chi connectivity index (χ0v) is 67.5. The van der Waals surface area contributed by atoms with Crippen LogP contribution in [0.25, 0.3) is 50.7 Å². The lowest BCUT2D eigenvalue weighted by molar-refractivity contribution is -0.138. The maximum absolute atomic E-state index is 12.5. The molecule has 14 aromatic rings. The number of halogens is 1. The Morgan fingerprint density at radius 2 is 0.868 bits per heavy atom. The molecule has 14 aromatic heterocycles. The van der Waals surface area contributed by atoms with E-state index in [1.807, 2.05) is 95.3 Å². The van der Waals surface area contributed by atoms with Crippen LogP contribution >= 0.6 is 47.0 Å². The molecule has 0 radical (unpaired) electrons. The van der Waals surface area contributed by atoms with Crippen LogP contribution < -0.4 is 26.6 Å². The summed E-state index contributed by atoms with van der Waals surface area (Å²) in [5, 5.41) is 40.8. The molecule has 36 heteroatoms. The fourth-order valence-electron chi connectivity index (χ4n) is 14.6. The Labute approximate surface area is 676 Å². The molecule has 3 aliphatic rings. The van der Waals surface area contributed by atoms with Crippen LogP contribution in [0.2, 0.25) is 0 Å². The van der Waals surface area contributed by atoms with Crippen molar-refractivity contribution < 1.29 is 19.5 Å². The summed E-state index contributed by atoms with van der Waals surface area (Å²) in [5.41, 5.74) is 14.7. The molecule has 0 spiro atoms. The normalized spacial score (nSPS) is 16.1. The van der Waals surface area contributed by atoms with Gasteiger partial charge in [-0.25, -0.2) is 29.9 Å². The summed E-state index contributed by atoms with van der Waals surface area (Å²) >= 11 is 4.31. The number of aromatic nitrogens is 20. The highest BCUT2D eigenvalue weighted by molar-refractivity contribution is 7.10. The Morgan fingerprint density at radius 3 is 1.24 bits per heavy atom. The number of aryl methyl sites for hydroxylation is 3. The second kappa shape index (κ2) is 36.6. The number of nitrogens with one attached hydrogen (secondary N) is 5. The van der Waals surface area contributed by atoms with Gasteiger partial charge in [-0.3, -0.25) is 66.3 Å². The third kappa shape index (κ3) is 20.3. The molecular weight excluding hydrogens is 1520 g/mol. The number of carboxylic acids is 1. The van der Waals surface area contributed by atoms with E-state index in [0.29, 0.717) is 47.5 Å². The van der Waals surface area contributed by atoms with Crippen molar-refractivity contribution in [1.82, 2.24) is 121 Å². The summed E-state index contributed by atoms with van der Waals surface area (Å²) in [7, 11) is 0. The maximum Gasteiger partial charge on any atom is 0.325 e. The second-order valence-corrected chi connectivity index (χ2v) is 31.9. The highest BCUT2D eigenvalue weighted by atomic mass is 35.5. The Morgan fingerprint density at radius 1 is 0.465 bits per heavy atom.